The number of benzene rings is 1. The number of nitrogens with zero attached hydrogens (tertiary/aromatic N) is 2. The normalized spacial score (nSPS) is 25.0. The molecule has 2 heterocycles. The summed E-state index contributed by atoms with van der Waals surface area (Å²) in [5.74, 6) is 0.239. The maximum atomic E-state index is 11.5. The standard InChI is InChI=1S/C15H20ClN3O2/c1-18-4-3-9(7-18)8-19(2)13-6-12-10(5-11(13)16)14(20)15(21)17-12/h5-6,9,14,20H,3-4,7-8H2,1-2H3,(H,17,21). The fourth-order valence-electron chi connectivity index (χ4n) is 3.21. The van der Waals surface area contributed by atoms with Gasteiger partial charge in [-0.3, -0.25) is 4.79 Å². The summed E-state index contributed by atoms with van der Waals surface area (Å²) in [6.07, 6.45) is 0.0825. The van der Waals surface area contributed by atoms with Crippen LogP contribution in [0.15, 0.2) is 12.1 Å². The Labute approximate surface area is 129 Å². The van der Waals surface area contributed by atoms with Crippen molar-refractivity contribution >= 4 is 28.9 Å². The van der Waals surface area contributed by atoms with Crippen LogP contribution in [0, 0.1) is 5.92 Å². The number of likely N-dealkylation sites (tertiary alicyclic amines) is 1. The number of carbonyl (C=O) groups is 1. The Morgan fingerprint density at radius 3 is 2.95 bits per heavy atom. The first-order chi connectivity index (χ1) is 9.95. The molecular weight excluding hydrogens is 290 g/mol. The van der Waals surface area contributed by atoms with E-state index < -0.39 is 12.0 Å². The molecule has 0 aliphatic carbocycles. The Bertz CT molecular complexity index is 578. The number of rotatable bonds is 3. The lowest BCUT2D eigenvalue weighted by atomic mass is 10.1. The number of amides is 1. The lowest BCUT2D eigenvalue weighted by Gasteiger charge is -2.25. The van der Waals surface area contributed by atoms with Crippen LogP contribution in [0.3, 0.4) is 0 Å². The molecule has 2 aliphatic heterocycles. The Kier molecular flexibility index (Phi) is 3.82. The fourth-order valence-corrected chi connectivity index (χ4v) is 3.52. The van der Waals surface area contributed by atoms with Crippen LogP contribution in [0.2, 0.25) is 5.02 Å². The van der Waals surface area contributed by atoms with Gasteiger partial charge in [0, 0.05) is 31.4 Å². The third kappa shape index (κ3) is 2.73. The maximum absolute atomic E-state index is 11.5. The molecule has 0 aromatic heterocycles. The number of aliphatic hydroxyl groups excluding tert-OH is 1. The van der Waals surface area contributed by atoms with Crippen LogP contribution in [0.25, 0.3) is 0 Å². The van der Waals surface area contributed by atoms with E-state index in [0.717, 1.165) is 25.3 Å². The van der Waals surface area contributed by atoms with Crippen LogP contribution in [-0.4, -0.2) is 49.6 Å². The second-order valence-corrected chi connectivity index (χ2v) is 6.49. The molecule has 114 valence electrons. The number of anilines is 2. The fraction of sp³-hybridized carbons (Fsp3) is 0.533. The third-order valence-electron chi connectivity index (χ3n) is 4.35. The van der Waals surface area contributed by atoms with Crippen molar-refractivity contribution < 1.29 is 9.90 Å². The molecule has 6 heteroatoms. The largest absolute Gasteiger partial charge is 0.378 e. The van der Waals surface area contributed by atoms with Gasteiger partial charge in [0.2, 0.25) is 0 Å². The molecule has 0 saturated carbocycles. The maximum Gasteiger partial charge on any atom is 0.257 e. The highest BCUT2D eigenvalue weighted by Gasteiger charge is 2.30. The van der Waals surface area contributed by atoms with Crippen molar-refractivity contribution in [2.45, 2.75) is 12.5 Å². The molecule has 2 unspecified atom stereocenters. The molecule has 1 aromatic carbocycles. The van der Waals surface area contributed by atoms with Gasteiger partial charge in [-0.1, -0.05) is 11.6 Å². The van der Waals surface area contributed by atoms with E-state index in [9.17, 15) is 9.90 Å². The molecule has 2 aliphatic rings. The predicted molar refractivity (Wildman–Crippen MR) is 83.9 cm³/mol. The van der Waals surface area contributed by atoms with E-state index in [2.05, 4.69) is 22.2 Å². The van der Waals surface area contributed by atoms with Crippen molar-refractivity contribution in [1.29, 1.82) is 0 Å². The van der Waals surface area contributed by atoms with E-state index >= 15 is 0 Å². The second kappa shape index (κ2) is 5.48. The molecule has 2 N–H and O–H groups in total. The molecule has 0 spiro atoms. The zero-order valence-corrected chi connectivity index (χ0v) is 13.0. The minimum Gasteiger partial charge on any atom is -0.378 e. The van der Waals surface area contributed by atoms with Gasteiger partial charge < -0.3 is 20.2 Å². The van der Waals surface area contributed by atoms with Gasteiger partial charge in [0.05, 0.1) is 10.7 Å². The first kappa shape index (κ1) is 14.6. The Morgan fingerprint density at radius 1 is 1.52 bits per heavy atom. The topological polar surface area (TPSA) is 55.8 Å². The van der Waals surface area contributed by atoms with E-state index in [4.69, 9.17) is 11.6 Å². The highest BCUT2D eigenvalue weighted by Crippen LogP contribution is 2.38. The summed E-state index contributed by atoms with van der Waals surface area (Å²) in [5.41, 5.74) is 2.10. The van der Waals surface area contributed by atoms with Gasteiger partial charge in [-0.15, -0.1) is 0 Å². The Balaban J connectivity index is 1.79. The molecule has 1 fully saturated rings. The van der Waals surface area contributed by atoms with Crippen molar-refractivity contribution in [3.63, 3.8) is 0 Å². The second-order valence-electron chi connectivity index (χ2n) is 6.08. The third-order valence-corrected chi connectivity index (χ3v) is 4.65. The van der Waals surface area contributed by atoms with Gasteiger partial charge in [-0.05, 0) is 38.1 Å². The molecule has 5 nitrogen and oxygen atoms in total. The predicted octanol–water partition coefficient (Wildman–Crippen LogP) is 1.71. The van der Waals surface area contributed by atoms with Crippen molar-refractivity contribution in [3.05, 3.63) is 22.7 Å². The summed E-state index contributed by atoms with van der Waals surface area (Å²) in [6, 6.07) is 3.54. The monoisotopic (exact) mass is 309 g/mol. The van der Waals surface area contributed by atoms with Gasteiger partial charge in [0.15, 0.2) is 6.10 Å². The van der Waals surface area contributed by atoms with Crippen molar-refractivity contribution in [2.24, 2.45) is 5.92 Å². The minimum atomic E-state index is -1.11. The van der Waals surface area contributed by atoms with E-state index in [-0.39, 0.29) is 0 Å². The molecule has 1 amide bonds. The molecule has 1 saturated heterocycles. The lowest BCUT2D eigenvalue weighted by molar-refractivity contribution is -0.123. The molecule has 0 radical (unpaired) electrons. The summed E-state index contributed by atoms with van der Waals surface area (Å²) in [5, 5.41) is 13.0. The van der Waals surface area contributed by atoms with Crippen LogP contribution >= 0.6 is 11.6 Å². The average Bonchev–Trinajstić information content (AvgIpc) is 2.95. The number of carbonyl (C=O) groups excluding carboxylic acids is 1. The smallest absolute Gasteiger partial charge is 0.257 e. The van der Waals surface area contributed by atoms with Crippen LogP contribution in [0.5, 0.6) is 0 Å². The lowest BCUT2D eigenvalue weighted by Crippen LogP contribution is -2.27. The van der Waals surface area contributed by atoms with Crippen LogP contribution in [0.1, 0.15) is 18.1 Å². The number of aliphatic hydroxyl groups is 1. The number of nitrogens with one attached hydrogen (secondary N) is 1. The highest BCUT2D eigenvalue weighted by atomic mass is 35.5. The van der Waals surface area contributed by atoms with Gasteiger partial charge in [0.25, 0.3) is 5.91 Å². The quantitative estimate of drug-likeness (QED) is 0.892. The van der Waals surface area contributed by atoms with Gasteiger partial charge in [-0.2, -0.15) is 0 Å². The van der Waals surface area contributed by atoms with Crippen LogP contribution < -0.4 is 10.2 Å². The first-order valence-corrected chi connectivity index (χ1v) is 7.55. The number of hydrogen-bond donors (Lipinski definition) is 2. The highest BCUT2D eigenvalue weighted by molar-refractivity contribution is 6.33. The Morgan fingerprint density at radius 2 is 2.29 bits per heavy atom. The van der Waals surface area contributed by atoms with Gasteiger partial charge >= 0.3 is 0 Å². The summed E-state index contributed by atoms with van der Waals surface area (Å²) < 4.78 is 0. The first-order valence-electron chi connectivity index (χ1n) is 7.17. The van der Waals surface area contributed by atoms with Crippen molar-refractivity contribution in [2.75, 3.05) is 43.9 Å². The van der Waals surface area contributed by atoms with E-state index in [1.807, 2.05) is 13.1 Å². The molecule has 0 bridgehead atoms. The molecule has 21 heavy (non-hydrogen) atoms. The summed E-state index contributed by atoms with van der Waals surface area (Å²) in [7, 11) is 4.15. The average molecular weight is 310 g/mol. The zero-order chi connectivity index (χ0) is 15.1. The molecule has 1 aromatic rings. The van der Waals surface area contributed by atoms with E-state index in [0.29, 0.717) is 22.2 Å². The SMILES string of the molecule is CN1CCC(CN(C)c2cc3c(cc2Cl)C(O)C(=O)N3)C1. The van der Waals surface area contributed by atoms with E-state index in [1.54, 1.807) is 6.07 Å². The summed E-state index contributed by atoms with van der Waals surface area (Å²) >= 11 is 6.33. The number of halogens is 1. The van der Waals surface area contributed by atoms with Crippen LogP contribution in [-0.2, 0) is 4.79 Å². The molecule has 2 atom stereocenters. The number of fused-ring (bicyclic) bond motifs is 1. The van der Waals surface area contributed by atoms with Gasteiger partial charge in [0.1, 0.15) is 0 Å². The van der Waals surface area contributed by atoms with Crippen molar-refractivity contribution in [3.8, 4) is 0 Å². The molecule has 3 rings (SSSR count). The summed E-state index contributed by atoms with van der Waals surface area (Å²) in [4.78, 5) is 16.0. The minimum absolute atomic E-state index is 0.390. The van der Waals surface area contributed by atoms with Crippen molar-refractivity contribution in [1.82, 2.24) is 4.90 Å². The van der Waals surface area contributed by atoms with Crippen LogP contribution in [0.4, 0.5) is 11.4 Å². The summed E-state index contributed by atoms with van der Waals surface area (Å²) in [6.45, 7) is 3.17. The van der Waals surface area contributed by atoms with Gasteiger partial charge in [-0.25, -0.2) is 0 Å². The molecular formula is C15H20ClN3O2. The number of hydrogen-bond acceptors (Lipinski definition) is 4. The Hall–Kier alpha value is -1.30. The zero-order valence-electron chi connectivity index (χ0n) is 12.3. The van der Waals surface area contributed by atoms with E-state index in [1.165, 1.54) is 6.42 Å².